The highest BCUT2D eigenvalue weighted by molar-refractivity contribution is 7.13. The molecule has 1 aliphatic heterocycles. The summed E-state index contributed by atoms with van der Waals surface area (Å²) < 4.78 is 10.3. The van der Waals surface area contributed by atoms with Crippen molar-refractivity contribution in [1.82, 2.24) is 10.3 Å². The molecule has 1 aromatic carbocycles. The molecule has 0 aliphatic carbocycles. The van der Waals surface area contributed by atoms with E-state index in [0.29, 0.717) is 16.4 Å². The van der Waals surface area contributed by atoms with Gasteiger partial charge in [-0.05, 0) is 26.3 Å². The number of methoxy groups -OCH3 is 2. The molecule has 0 saturated heterocycles. The maximum atomic E-state index is 13.3. The number of hydrogen-bond acceptors (Lipinski definition) is 8. The second kappa shape index (κ2) is 8.24. The monoisotopic (exact) mass is 415 g/mol. The van der Waals surface area contributed by atoms with Gasteiger partial charge in [0.05, 0.1) is 37.4 Å². The lowest BCUT2D eigenvalue weighted by Crippen LogP contribution is -2.66. The predicted molar refractivity (Wildman–Crippen MR) is 112 cm³/mol. The number of benzene rings is 1. The molecule has 0 bridgehead atoms. The number of aromatic nitrogens is 1. The van der Waals surface area contributed by atoms with Crippen LogP contribution in [0.5, 0.6) is 0 Å². The Morgan fingerprint density at radius 2 is 1.86 bits per heavy atom. The average Bonchev–Trinajstić information content (AvgIpc) is 3.13. The van der Waals surface area contributed by atoms with Gasteiger partial charge in [0.2, 0.25) is 0 Å². The second-order valence-electron chi connectivity index (χ2n) is 7.02. The first-order valence-corrected chi connectivity index (χ1v) is 10.1. The molecular weight excluding hydrogens is 390 g/mol. The quantitative estimate of drug-likeness (QED) is 0.726. The largest absolute Gasteiger partial charge is 0.467 e. The zero-order valence-electron chi connectivity index (χ0n) is 17.1. The van der Waals surface area contributed by atoms with Gasteiger partial charge in [0.25, 0.3) is 0 Å². The second-order valence-corrected chi connectivity index (χ2v) is 7.88. The highest BCUT2D eigenvalue weighted by Crippen LogP contribution is 2.45. The number of hydrogen-bond donors (Lipinski definition) is 2. The number of allylic oxidation sites excluding steroid dienone is 1. The summed E-state index contributed by atoms with van der Waals surface area (Å²) in [7, 11) is 2.68. The van der Waals surface area contributed by atoms with Crippen molar-refractivity contribution in [3.63, 3.8) is 0 Å². The molecule has 3 rings (SSSR count). The van der Waals surface area contributed by atoms with Crippen molar-refractivity contribution >= 4 is 28.4 Å². The number of thiazole rings is 1. The Bertz CT molecular complexity index is 940. The molecule has 0 radical (unpaired) electrons. The van der Waals surface area contributed by atoms with Crippen LogP contribution in [-0.4, -0.2) is 42.7 Å². The SMILES string of the molecule is COC(=O)C1=C(C)NC(C)C(Nc2nc(C)cs2)(C(=O)OC)C1c1ccccc1. The van der Waals surface area contributed by atoms with Gasteiger partial charge in [0, 0.05) is 11.1 Å². The minimum Gasteiger partial charge on any atom is -0.467 e. The van der Waals surface area contributed by atoms with Crippen LogP contribution >= 0.6 is 11.3 Å². The van der Waals surface area contributed by atoms with Crippen LogP contribution in [-0.2, 0) is 19.1 Å². The van der Waals surface area contributed by atoms with Crippen molar-refractivity contribution in [3.05, 3.63) is 58.2 Å². The Morgan fingerprint density at radius 3 is 2.41 bits per heavy atom. The molecular formula is C21H25N3O4S. The lowest BCUT2D eigenvalue weighted by atomic mass is 9.68. The molecule has 0 saturated carbocycles. The third-order valence-electron chi connectivity index (χ3n) is 5.26. The fraction of sp³-hybridized carbons (Fsp3) is 0.381. The first-order chi connectivity index (χ1) is 13.8. The van der Waals surface area contributed by atoms with E-state index in [-0.39, 0.29) is 0 Å². The number of anilines is 1. The third-order valence-corrected chi connectivity index (χ3v) is 6.13. The summed E-state index contributed by atoms with van der Waals surface area (Å²) in [6.45, 7) is 5.58. The molecule has 0 spiro atoms. The van der Waals surface area contributed by atoms with Crippen molar-refractivity contribution in [2.24, 2.45) is 0 Å². The van der Waals surface area contributed by atoms with Crippen LogP contribution in [0.2, 0.25) is 0 Å². The van der Waals surface area contributed by atoms with Crippen molar-refractivity contribution in [2.45, 2.75) is 38.3 Å². The number of nitrogens with one attached hydrogen (secondary N) is 2. The smallest absolute Gasteiger partial charge is 0.336 e. The van der Waals surface area contributed by atoms with Gasteiger partial charge in [-0.3, -0.25) is 0 Å². The van der Waals surface area contributed by atoms with E-state index in [1.54, 1.807) is 0 Å². The van der Waals surface area contributed by atoms with E-state index >= 15 is 0 Å². The summed E-state index contributed by atoms with van der Waals surface area (Å²) in [6.07, 6.45) is 0. The number of carbonyl (C=O) groups excluding carboxylic acids is 2. The van der Waals surface area contributed by atoms with Crippen molar-refractivity contribution in [3.8, 4) is 0 Å². The highest BCUT2D eigenvalue weighted by atomic mass is 32.1. The van der Waals surface area contributed by atoms with Gasteiger partial charge in [-0.2, -0.15) is 0 Å². The summed E-state index contributed by atoms with van der Waals surface area (Å²) in [6, 6.07) is 9.03. The van der Waals surface area contributed by atoms with Gasteiger partial charge < -0.3 is 20.1 Å². The molecule has 1 aliphatic rings. The molecule has 8 heteroatoms. The Hall–Kier alpha value is -2.87. The molecule has 2 aromatic rings. The highest BCUT2D eigenvalue weighted by Gasteiger charge is 2.58. The van der Waals surface area contributed by atoms with Crippen LogP contribution in [0.3, 0.4) is 0 Å². The minimum atomic E-state index is -1.32. The number of ether oxygens (including phenoxy) is 2. The molecule has 7 nitrogen and oxygen atoms in total. The number of esters is 2. The van der Waals surface area contributed by atoms with Crippen molar-refractivity contribution in [2.75, 3.05) is 19.5 Å². The van der Waals surface area contributed by atoms with Crippen molar-refractivity contribution in [1.29, 1.82) is 0 Å². The zero-order valence-corrected chi connectivity index (χ0v) is 17.9. The van der Waals surface area contributed by atoms with E-state index in [1.807, 2.05) is 56.5 Å². The number of carbonyl (C=O) groups is 2. The van der Waals surface area contributed by atoms with E-state index in [1.165, 1.54) is 25.6 Å². The Kier molecular flexibility index (Phi) is 5.93. The van der Waals surface area contributed by atoms with E-state index in [2.05, 4.69) is 15.6 Å². The van der Waals surface area contributed by atoms with Gasteiger partial charge in [-0.25, -0.2) is 14.6 Å². The van der Waals surface area contributed by atoms with E-state index in [4.69, 9.17) is 9.47 Å². The van der Waals surface area contributed by atoms with Gasteiger partial charge in [-0.1, -0.05) is 30.3 Å². The average molecular weight is 416 g/mol. The zero-order chi connectivity index (χ0) is 21.2. The lowest BCUT2D eigenvalue weighted by molar-refractivity contribution is -0.148. The van der Waals surface area contributed by atoms with Crippen molar-refractivity contribution < 1.29 is 19.1 Å². The summed E-state index contributed by atoms with van der Waals surface area (Å²) in [5, 5.41) is 9.06. The number of aryl methyl sites for hydroxylation is 1. The first-order valence-electron chi connectivity index (χ1n) is 9.24. The summed E-state index contributed by atoms with van der Waals surface area (Å²) >= 11 is 1.40. The fourth-order valence-electron chi connectivity index (χ4n) is 3.95. The molecule has 3 atom stereocenters. The molecule has 2 heterocycles. The minimum absolute atomic E-state index is 0.378. The topological polar surface area (TPSA) is 89.5 Å². The third kappa shape index (κ3) is 3.60. The van der Waals surface area contributed by atoms with E-state index in [0.717, 1.165) is 11.3 Å². The number of nitrogens with zero attached hydrogens (tertiary/aromatic N) is 1. The number of rotatable bonds is 5. The molecule has 29 heavy (non-hydrogen) atoms. The summed E-state index contributed by atoms with van der Waals surface area (Å²) in [4.78, 5) is 30.6. The summed E-state index contributed by atoms with van der Waals surface area (Å²) in [5.74, 6) is -1.64. The molecule has 2 N–H and O–H groups in total. The van der Waals surface area contributed by atoms with Crippen LogP contribution in [0.25, 0.3) is 0 Å². The van der Waals surface area contributed by atoms with Gasteiger partial charge in [0.1, 0.15) is 0 Å². The first kappa shape index (κ1) is 20.9. The van der Waals surface area contributed by atoms with Crippen LogP contribution in [0, 0.1) is 6.92 Å². The normalized spacial score (nSPS) is 23.9. The van der Waals surface area contributed by atoms with Crippen LogP contribution in [0.4, 0.5) is 5.13 Å². The Morgan fingerprint density at radius 1 is 1.17 bits per heavy atom. The summed E-state index contributed by atoms with van der Waals surface area (Å²) in [5.41, 5.74) is 1.36. The van der Waals surface area contributed by atoms with Gasteiger partial charge in [0.15, 0.2) is 10.7 Å². The van der Waals surface area contributed by atoms with E-state index in [9.17, 15) is 9.59 Å². The maximum Gasteiger partial charge on any atom is 0.336 e. The lowest BCUT2D eigenvalue weighted by Gasteiger charge is -2.47. The Labute approximate surface area is 174 Å². The molecule has 0 amide bonds. The predicted octanol–water partition coefficient (Wildman–Crippen LogP) is 3.00. The standard InChI is InChI=1S/C21H25N3O4S/c1-12-11-29-20(22-12)24-21(19(26)28-5)14(3)23-13(2)16(18(25)27-4)17(21)15-9-7-6-8-10-15/h6-11,14,17,23H,1-5H3,(H,22,24). The van der Waals surface area contributed by atoms with E-state index < -0.39 is 29.4 Å². The maximum absolute atomic E-state index is 13.3. The Balaban J connectivity index is 2.29. The molecule has 154 valence electrons. The molecule has 1 aromatic heterocycles. The van der Waals surface area contributed by atoms with Gasteiger partial charge >= 0.3 is 11.9 Å². The van der Waals surface area contributed by atoms with Crippen LogP contribution < -0.4 is 10.6 Å². The molecule has 3 unspecified atom stereocenters. The fourth-order valence-corrected chi connectivity index (χ4v) is 4.71. The van der Waals surface area contributed by atoms with Gasteiger partial charge in [-0.15, -0.1) is 11.3 Å². The van der Waals surface area contributed by atoms with Crippen LogP contribution in [0.1, 0.15) is 31.0 Å². The van der Waals surface area contributed by atoms with Crippen LogP contribution in [0.15, 0.2) is 47.0 Å². The molecule has 0 fully saturated rings.